The fraction of sp³-hybridized carbons (Fsp3) is 0.333. The molecule has 0 atom stereocenters. The zero-order valence-electron chi connectivity index (χ0n) is 13.9. The average molecular weight is 380 g/mol. The van der Waals surface area contributed by atoms with Crippen LogP contribution in [0, 0.1) is 0 Å². The lowest BCUT2D eigenvalue weighted by molar-refractivity contribution is 0.228. The van der Waals surface area contributed by atoms with Gasteiger partial charge in [0.1, 0.15) is 5.75 Å². The largest absolute Gasteiger partial charge is 0.497 e. The third-order valence-electron chi connectivity index (χ3n) is 3.24. The molecule has 0 unspecified atom stereocenters. The van der Waals surface area contributed by atoms with Crippen molar-refractivity contribution in [3.63, 3.8) is 0 Å². The molecule has 0 fully saturated rings. The van der Waals surface area contributed by atoms with Crippen LogP contribution in [0.25, 0.3) is 0 Å². The van der Waals surface area contributed by atoms with Gasteiger partial charge in [-0.3, -0.25) is 0 Å². The van der Waals surface area contributed by atoms with Crippen molar-refractivity contribution in [2.45, 2.75) is 26.5 Å². The van der Waals surface area contributed by atoms with Crippen molar-refractivity contribution in [3.8, 4) is 17.2 Å². The maximum Gasteiger partial charge on any atom is 0.166 e. The van der Waals surface area contributed by atoms with E-state index in [2.05, 4.69) is 21.2 Å². The molecule has 0 radical (unpaired) electrons. The van der Waals surface area contributed by atoms with Crippen LogP contribution < -0.4 is 19.5 Å². The van der Waals surface area contributed by atoms with Gasteiger partial charge in [-0.05, 0) is 50.2 Å². The lowest BCUT2D eigenvalue weighted by Gasteiger charge is -2.18. The summed E-state index contributed by atoms with van der Waals surface area (Å²) in [5, 5.41) is 3.39. The van der Waals surface area contributed by atoms with E-state index in [1.807, 2.05) is 50.2 Å². The number of anilines is 1. The number of halogens is 1. The zero-order chi connectivity index (χ0) is 16.8. The van der Waals surface area contributed by atoms with Gasteiger partial charge in [0.25, 0.3) is 0 Å². The Morgan fingerprint density at radius 2 is 1.74 bits per heavy atom. The summed E-state index contributed by atoms with van der Waals surface area (Å²) in [5.74, 6) is 2.33. The molecule has 0 amide bonds. The van der Waals surface area contributed by atoms with Crippen molar-refractivity contribution in [1.82, 2.24) is 0 Å². The fourth-order valence-electron chi connectivity index (χ4n) is 2.18. The van der Waals surface area contributed by atoms with E-state index in [0.717, 1.165) is 33.0 Å². The smallest absolute Gasteiger partial charge is 0.166 e. The van der Waals surface area contributed by atoms with Crippen LogP contribution in [0.3, 0.4) is 0 Å². The summed E-state index contributed by atoms with van der Waals surface area (Å²) in [7, 11) is 3.31. The van der Waals surface area contributed by atoms with E-state index in [0.29, 0.717) is 6.54 Å². The first-order valence-electron chi connectivity index (χ1n) is 7.44. The summed E-state index contributed by atoms with van der Waals surface area (Å²) >= 11 is 3.52. The Balaban J connectivity index is 2.21. The molecular formula is C18H22BrNO3. The molecule has 5 heteroatoms. The van der Waals surface area contributed by atoms with E-state index in [9.17, 15) is 0 Å². The Morgan fingerprint density at radius 1 is 1.04 bits per heavy atom. The second kappa shape index (κ2) is 8.11. The molecule has 0 aromatic heterocycles. The van der Waals surface area contributed by atoms with Gasteiger partial charge in [0.05, 0.1) is 20.3 Å². The van der Waals surface area contributed by atoms with Crippen molar-refractivity contribution in [2.75, 3.05) is 19.5 Å². The van der Waals surface area contributed by atoms with Gasteiger partial charge in [-0.15, -0.1) is 0 Å². The predicted octanol–water partition coefficient (Wildman–Crippen LogP) is 4.87. The second-order valence-electron chi connectivity index (χ2n) is 5.34. The minimum atomic E-state index is 0.0739. The van der Waals surface area contributed by atoms with E-state index in [1.54, 1.807) is 14.2 Å². The third kappa shape index (κ3) is 4.79. The number of rotatable bonds is 7. The molecule has 4 nitrogen and oxygen atoms in total. The summed E-state index contributed by atoms with van der Waals surface area (Å²) in [4.78, 5) is 0. The molecule has 124 valence electrons. The van der Waals surface area contributed by atoms with Gasteiger partial charge < -0.3 is 19.5 Å². The molecule has 2 aromatic rings. The Hall–Kier alpha value is -1.88. The molecular weight excluding hydrogens is 358 g/mol. The average Bonchev–Trinajstić information content (AvgIpc) is 2.54. The summed E-state index contributed by atoms with van der Waals surface area (Å²) in [5.41, 5.74) is 2.04. The summed E-state index contributed by atoms with van der Waals surface area (Å²) in [6, 6.07) is 11.8. The first-order valence-corrected chi connectivity index (χ1v) is 8.23. The molecule has 0 bridgehead atoms. The quantitative estimate of drug-likeness (QED) is 0.744. The summed E-state index contributed by atoms with van der Waals surface area (Å²) in [6.45, 7) is 4.63. The van der Waals surface area contributed by atoms with Gasteiger partial charge in [-0.1, -0.05) is 15.9 Å². The van der Waals surface area contributed by atoms with Gasteiger partial charge in [-0.2, -0.15) is 0 Å². The van der Waals surface area contributed by atoms with E-state index in [1.165, 1.54) is 0 Å². The highest BCUT2D eigenvalue weighted by atomic mass is 79.9. The van der Waals surface area contributed by atoms with Crippen LogP contribution in [0.1, 0.15) is 19.4 Å². The van der Waals surface area contributed by atoms with E-state index < -0.39 is 0 Å². The number of hydrogen-bond donors (Lipinski definition) is 1. The minimum absolute atomic E-state index is 0.0739. The first kappa shape index (κ1) is 17.5. The van der Waals surface area contributed by atoms with E-state index in [-0.39, 0.29) is 6.10 Å². The van der Waals surface area contributed by atoms with Crippen LogP contribution in [0.4, 0.5) is 5.69 Å². The molecule has 0 aliphatic heterocycles. The predicted molar refractivity (Wildman–Crippen MR) is 96.8 cm³/mol. The molecule has 2 rings (SSSR count). The summed E-state index contributed by atoms with van der Waals surface area (Å²) < 4.78 is 17.5. The van der Waals surface area contributed by atoms with Crippen molar-refractivity contribution in [2.24, 2.45) is 0 Å². The Labute approximate surface area is 145 Å². The second-order valence-corrected chi connectivity index (χ2v) is 6.26. The van der Waals surface area contributed by atoms with Crippen LogP contribution in [0.2, 0.25) is 0 Å². The van der Waals surface area contributed by atoms with Gasteiger partial charge in [0, 0.05) is 22.3 Å². The maximum atomic E-state index is 5.94. The number of hydrogen-bond acceptors (Lipinski definition) is 4. The molecule has 1 N–H and O–H groups in total. The van der Waals surface area contributed by atoms with Gasteiger partial charge in [0.15, 0.2) is 11.5 Å². The van der Waals surface area contributed by atoms with E-state index in [4.69, 9.17) is 14.2 Å². The fourth-order valence-corrected chi connectivity index (χ4v) is 2.67. The lowest BCUT2D eigenvalue weighted by Crippen LogP contribution is -2.10. The van der Waals surface area contributed by atoms with Crippen molar-refractivity contribution in [1.29, 1.82) is 0 Å². The van der Waals surface area contributed by atoms with Crippen LogP contribution in [0.15, 0.2) is 40.9 Å². The molecule has 23 heavy (non-hydrogen) atoms. The van der Waals surface area contributed by atoms with Crippen LogP contribution in [-0.4, -0.2) is 20.3 Å². The van der Waals surface area contributed by atoms with Gasteiger partial charge >= 0.3 is 0 Å². The topological polar surface area (TPSA) is 39.7 Å². The minimum Gasteiger partial charge on any atom is -0.497 e. The van der Waals surface area contributed by atoms with Crippen molar-refractivity contribution in [3.05, 3.63) is 46.4 Å². The SMILES string of the molecule is COc1ccc(NCc2cc(Br)cc(OC)c2OC(C)C)cc1. The summed E-state index contributed by atoms with van der Waals surface area (Å²) in [6.07, 6.45) is 0.0739. The normalized spacial score (nSPS) is 10.5. The maximum absolute atomic E-state index is 5.94. The molecule has 0 aliphatic rings. The Morgan fingerprint density at radius 3 is 2.30 bits per heavy atom. The molecule has 0 saturated carbocycles. The van der Waals surface area contributed by atoms with Crippen molar-refractivity contribution < 1.29 is 14.2 Å². The van der Waals surface area contributed by atoms with Crippen molar-refractivity contribution >= 4 is 21.6 Å². The number of methoxy groups -OCH3 is 2. The molecule has 2 aromatic carbocycles. The number of ether oxygens (including phenoxy) is 3. The van der Waals surface area contributed by atoms with Gasteiger partial charge in [-0.25, -0.2) is 0 Å². The first-order chi connectivity index (χ1) is 11.0. The van der Waals surface area contributed by atoms with Crippen LogP contribution >= 0.6 is 15.9 Å². The van der Waals surface area contributed by atoms with Crippen LogP contribution in [-0.2, 0) is 6.54 Å². The van der Waals surface area contributed by atoms with E-state index >= 15 is 0 Å². The highest BCUT2D eigenvalue weighted by Crippen LogP contribution is 2.36. The molecule has 0 heterocycles. The lowest BCUT2D eigenvalue weighted by atomic mass is 10.1. The third-order valence-corrected chi connectivity index (χ3v) is 3.70. The molecule has 0 spiro atoms. The zero-order valence-corrected chi connectivity index (χ0v) is 15.4. The van der Waals surface area contributed by atoms with Crippen LogP contribution in [0.5, 0.6) is 17.2 Å². The number of benzene rings is 2. The molecule has 0 saturated heterocycles. The molecule has 0 aliphatic carbocycles. The standard InChI is InChI=1S/C18H22BrNO3/c1-12(2)23-18-13(9-14(19)10-17(18)22-4)11-20-15-5-7-16(21-3)8-6-15/h5-10,12,20H,11H2,1-4H3. The van der Waals surface area contributed by atoms with Gasteiger partial charge in [0.2, 0.25) is 0 Å². The Kier molecular flexibility index (Phi) is 6.16. The Bertz CT molecular complexity index is 641. The monoisotopic (exact) mass is 379 g/mol. The highest BCUT2D eigenvalue weighted by Gasteiger charge is 2.14. The highest BCUT2D eigenvalue weighted by molar-refractivity contribution is 9.10. The number of nitrogens with one attached hydrogen (secondary N) is 1.